The summed E-state index contributed by atoms with van der Waals surface area (Å²) < 4.78 is 29.1. The SMILES string of the molecule is OC(c1ccc(OC(F)F)cc1)c1cc(Cl)sc1Cl. The van der Waals surface area contributed by atoms with Gasteiger partial charge in [-0.2, -0.15) is 8.78 Å². The topological polar surface area (TPSA) is 29.5 Å². The first-order valence-electron chi connectivity index (χ1n) is 5.15. The molecule has 0 saturated carbocycles. The smallest absolute Gasteiger partial charge is 0.387 e. The van der Waals surface area contributed by atoms with Gasteiger partial charge in [0.2, 0.25) is 0 Å². The molecule has 0 aliphatic heterocycles. The minimum Gasteiger partial charge on any atom is -0.435 e. The Bertz CT molecular complexity index is 557. The lowest BCUT2D eigenvalue weighted by atomic mass is 10.0. The summed E-state index contributed by atoms with van der Waals surface area (Å²) in [5, 5.41) is 10.1. The molecule has 19 heavy (non-hydrogen) atoms. The summed E-state index contributed by atoms with van der Waals surface area (Å²) in [5.74, 6) is 0.0281. The van der Waals surface area contributed by atoms with Crippen LogP contribution < -0.4 is 4.74 Å². The van der Waals surface area contributed by atoms with Gasteiger partial charge < -0.3 is 9.84 Å². The Morgan fingerprint density at radius 3 is 2.26 bits per heavy atom. The Morgan fingerprint density at radius 2 is 1.79 bits per heavy atom. The fourth-order valence-electron chi connectivity index (χ4n) is 1.55. The quantitative estimate of drug-likeness (QED) is 0.880. The lowest BCUT2D eigenvalue weighted by Crippen LogP contribution is -2.03. The highest BCUT2D eigenvalue weighted by atomic mass is 35.5. The zero-order chi connectivity index (χ0) is 14.0. The van der Waals surface area contributed by atoms with Crippen LogP contribution in [-0.4, -0.2) is 11.7 Å². The van der Waals surface area contributed by atoms with Crippen LogP contribution in [0.5, 0.6) is 5.75 Å². The minimum absolute atomic E-state index is 0.0281. The molecular formula is C12H8Cl2F2O2S. The van der Waals surface area contributed by atoms with Crippen LogP contribution in [0.3, 0.4) is 0 Å². The molecule has 1 aromatic carbocycles. The largest absolute Gasteiger partial charge is 0.435 e. The lowest BCUT2D eigenvalue weighted by Gasteiger charge is -2.11. The standard InChI is InChI=1S/C12H8Cl2F2O2S/c13-9-5-8(11(14)19-9)10(17)6-1-3-7(4-2-6)18-12(15)16/h1-5,10,12,17H. The highest BCUT2D eigenvalue weighted by Crippen LogP contribution is 2.37. The number of aliphatic hydroxyl groups is 1. The fraction of sp³-hybridized carbons (Fsp3) is 0.167. The summed E-state index contributed by atoms with van der Waals surface area (Å²) in [5.41, 5.74) is 0.997. The molecule has 1 aromatic heterocycles. The maximum atomic E-state index is 12.0. The molecule has 0 saturated heterocycles. The van der Waals surface area contributed by atoms with Gasteiger partial charge in [0.15, 0.2) is 0 Å². The average Bonchev–Trinajstić information content (AvgIpc) is 2.68. The van der Waals surface area contributed by atoms with Crippen molar-refractivity contribution in [3.05, 3.63) is 50.1 Å². The van der Waals surface area contributed by atoms with Crippen molar-refractivity contribution in [1.82, 2.24) is 0 Å². The number of halogens is 4. The van der Waals surface area contributed by atoms with Crippen molar-refractivity contribution in [2.45, 2.75) is 12.7 Å². The number of benzene rings is 1. The van der Waals surface area contributed by atoms with E-state index in [2.05, 4.69) is 4.74 Å². The number of alkyl halides is 2. The predicted molar refractivity (Wildman–Crippen MR) is 71.5 cm³/mol. The van der Waals surface area contributed by atoms with Gasteiger partial charge in [-0.1, -0.05) is 35.3 Å². The van der Waals surface area contributed by atoms with Gasteiger partial charge in [-0.3, -0.25) is 0 Å². The molecule has 102 valence electrons. The number of hydrogen-bond donors (Lipinski definition) is 1. The minimum atomic E-state index is -2.87. The molecule has 0 spiro atoms. The molecule has 2 nitrogen and oxygen atoms in total. The van der Waals surface area contributed by atoms with Gasteiger partial charge >= 0.3 is 6.61 Å². The highest BCUT2D eigenvalue weighted by molar-refractivity contribution is 7.20. The highest BCUT2D eigenvalue weighted by Gasteiger charge is 2.17. The van der Waals surface area contributed by atoms with Gasteiger partial charge in [0.05, 0.1) is 4.34 Å². The summed E-state index contributed by atoms with van der Waals surface area (Å²) >= 11 is 12.9. The summed E-state index contributed by atoms with van der Waals surface area (Å²) in [7, 11) is 0. The van der Waals surface area contributed by atoms with Crippen molar-refractivity contribution < 1.29 is 18.6 Å². The van der Waals surface area contributed by atoms with Gasteiger partial charge in [-0.25, -0.2) is 0 Å². The van der Waals surface area contributed by atoms with E-state index >= 15 is 0 Å². The zero-order valence-corrected chi connectivity index (χ0v) is 11.6. The average molecular weight is 325 g/mol. The monoisotopic (exact) mass is 324 g/mol. The molecule has 2 aromatic rings. The second-order valence-electron chi connectivity index (χ2n) is 3.63. The van der Waals surface area contributed by atoms with E-state index in [1.807, 2.05) is 0 Å². The van der Waals surface area contributed by atoms with Crippen LogP contribution >= 0.6 is 34.5 Å². The van der Waals surface area contributed by atoms with Crippen LogP contribution in [0.2, 0.25) is 8.67 Å². The molecule has 0 aliphatic carbocycles. The Labute approximate surface area is 122 Å². The van der Waals surface area contributed by atoms with Crippen molar-refractivity contribution in [3.63, 3.8) is 0 Å². The van der Waals surface area contributed by atoms with Gasteiger partial charge in [0.1, 0.15) is 16.2 Å². The first-order chi connectivity index (χ1) is 8.97. The molecule has 0 bridgehead atoms. The Morgan fingerprint density at radius 1 is 1.16 bits per heavy atom. The van der Waals surface area contributed by atoms with E-state index in [-0.39, 0.29) is 5.75 Å². The number of rotatable bonds is 4. The summed E-state index contributed by atoms with van der Waals surface area (Å²) in [6.07, 6.45) is -0.961. The van der Waals surface area contributed by atoms with E-state index in [4.69, 9.17) is 23.2 Å². The first-order valence-corrected chi connectivity index (χ1v) is 6.72. The number of hydrogen-bond acceptors (Lipinski definition) is 3. The molecule has 2 rings (SSSR count). The van der Waals surface area contributed by atoms with E-state index < -0.39 is 12.7 Å². The molecule has 0 fully saturated rings. The summed E-state index contributed by atoms with van der Waals surface area (Å²) in [4.78, 5) is 0. The van der Waals surface area contributed by atoms with E-state index in [1.165, 1.54) is 24.3 Å². The Hall–Kier alpha value is -0.880. The van der Waals surface area contributed by atoms with Gasteiger partial charge in [0.25, 0.3) is 0 Å². The fourth-order valence-corrected chi connectivity index (χ4v) is 3.07. The molecule has 1 N–H and O–H groups in total. The molecule has 7 heteroatoms. The van der Waals surface area contributed by atoms with Gasteiger partial charge in [0, 0.05) is 5.56 Å². The third-order valence-corrected chi connectivity index (χ3v) is 3.92. The van der Waals surface area contributed by atoms with Crippen molar-refractivity contribution in [3.8, 4) is 5.75 Å². The van der Waals surface area contributed by atoms with E-state index in [0.29, 0.717) is 19.8 Å². The van der Waals surface area contributed by atoms with Crippen LogP contribution in [0.25, 0.3) is 0 Å². The van der Waals surface area contributed by atoms with Crippen LogP contribution in [-0.2, 0) is 0 Å². The maximum absolute atomic E-state index is 12.0. The number of thiophene rings is 1. The third kappa shape index (κ3) is 3.57. The van der Waals surface area contributed by atoms with E-state index in [1.54, 1.807) is 6.07 Å². The van der Waals surface area contributed by atoms with Gasteiger partial charge in [-0.15, -0.1) is 11.3 Å². The van der Waals surface area contributed by atoms with Crippen LogP contribution in [0.15, 0.2) is 30.3 Å². The zero-order valence-electron chi connectivity index (χ0n) is 9.32. The summed E-state index contributed by atoms with van der Waals surface area (Å²) in [6.45, 7) is -2.87. The lowest BCUT2D eigenvalue weighted by molar-refractivity contribution is -0.0498. The van der Waals surface area contributed by atoms with Crippen molar-refractivity contribution >= 4 is 34.5 Å². The second kappa shape index (κ2) is 6.05. The van der Waals surface area contributed by atoms with Crippen LogP contribution in [0, 0.1) is 0 Å². The van der Waals surface area contributed by atoms with E-state index in [9.17, 15) is 13.9 Å². The van der Waals surface area contributed by atoms with E-state index in [0.717, 1.165) is 11.3 Å². The first kappa shape index (κ1) is 14.5. The van der Waals surface area contributed by atoms with Crippen LogP contribution in [0.1, 0.15) is 17.2 Å². The molecule has 1 atom stereocenters. The Kier molecular flexibility index (Phi) is 4.62. The molecule has 1 heterocycles. The second-order valence-corrected chi connectivity index (χ2v) is 5.92. The maximum Gasteiger partial charge on any atom is 0.387 e. The summed E-state index contributed by atoms with van der Waals surface area (Å²) in [6, 6.07) is 7.26. The molecule has 0 amide bonds. The molecule has 0 aliphatic rings. The molecular weight excluding hydrogens is 317 g/mol. The third-order valence-electron chi connectivity index (χ3n) is 2.40. The Balaban J connectivity index is 2.20. The van der Waals surface area contributed by atoms with Gasteiger partial charge in [-0.05, 0) is 23.8 Å². The predicted octanol–water partition coefficient (Wildman–Crippen LogP) is 4.74. The number of ether oxygens (including phenoxy) is 1. The molecule has 1 unspecified atom stereocenters. The van der Waals surface area contributed by atoms with Crippen molar-refractivity contribution in [2.24, 2.45) is 0 Å². The van der Waals surface area contributed by atoms with Crippen LogP contribution in [0.4, 0.5) is 8.78 Å². The van der Waals surface area contributed by atoms with Crippen molar-refractivity contribution in [1.29, 1.82) is 0 Å². The normalized spacial score (nSPS) is 12.7. The molecule has 0 radical (unpaired) electrons. The number of aliphatic hydroxyl groups excluding tert-OH is 1. The van der Waals surface area contributed by atoms with Crippen molar-refractivity contribution in [2.75, 3.05) is 0 Å².